The SMILES string of the molecule is CN(Cc1ccccc1)c1ccccc1NC(=O)NCC1(O)CCCCCC1. The summed E-state index contributed by atoms with van der Waals surface area (Å²) in [6, 6.07) is 17.7. The van der Waals surface area contributed by atoms with Crippen molar-refractivity contribution in [1.29, 1.82) is 0 Å². The van der Waals surface area contributed by atoms with Crippen LogP contribution in [0, 0.1) is 0 Å². The normalized spacial score (nSPS) is 16.1. The van der Waals surface area contributed by atoms with Crippen LogP contribution >= 0.6 is 0 Å². The lowest BCUT2D eigenvalue weighted by Gasteiger charge is -2.27. The maximum absolute atomic E-state index is 12.5. The summed E-state index contributed by atoms with van der Waals surface area (Å²) in [6.45, 7) is 1.04. The summed E-state index contributed by atoms with van der Waals surface area (Å²) in [5.41, 5.74) is 2.14. The van der Waals surface area contributed by atoms with Gasteiger partial charge >= 0.3 is 6.03 Å². The molecule has 3 N–H and O–H groups in total. The van der Waals surface area contributed by atoms with Crippen molar-refractivity contribution in [3.63, 3.8) is 0 Å². The first-order valence-corrected chi connectivity index (χ1v) is 10.2. The molecule has 2 aromatic carbocycles. The fourth-order valence-electron chi connectivity index (χ4n) is 3.83. The fourth-order valence-corrected chi connectivity index (χ4v) is 3.83. The monoisotopic (exact) mass is 381 g/mol. The third-order valence-corrected chi connectivity index (χ3v) is 5.44. The molecule has 5 nitrogen and oxygen atoms in total. The number of amides is 2. The molecule has 0 heterocycles. The zero-order valence-corrected chi connectivity index (χ0v) is 16.7. The number of anilines is 2. The topological polar surface area (TPSA) is 64.6 Å². The maximum atomic E-state index is 12.5. The van der Waals surface area contributed by atoms with Gasteiger partial charge < -0.3 is 20.6 Å². The molecule has 0 aliphatic heterocycles. The molecule has 0 unspecified atom stereocenters. The van der Waals surface area contributed by atoms with Crippen molar-refractivity contribution in [2.24, 2.45) is 0 Å². The first kappa shape index (κ1) is 20.2. The van der Waals surface area contributed by atoms with Crippen LogP contribution in [0.1, 0.15) is 44.1 Å². The Bertz CT molecular complexity index is 755. The van der Waals surface area contributed by atoms with Gasteiger partial charge in [-0.2, -0.15) is 0 Å². The van der Waals surface area contributed by atoms with Crippen molar-refractivity contribution in [3.8, 4) is 0 Å². The van der Waals surface area contributed by atoms with Gasteiger partial charge in [0.25, 0.3) is 0 Å². The maximum Gasteiger partial charge on any atom is 0.319 e. The molecular weight excluding hydrogens is 350 g/mol. The number of aliphatic hydroxyl groups is 1. The molecule has 2 aromatic rings. The number of rotatable bonds is 6. The van der Waals surface area contributed by atoms with Crippen LogP contribution in [-0.2, 0) is 6.54 Å². The molecule has 0 bridgehead atoms. The average molecular weight is 382 g/mol. The van der Waals surface area contributed by atoms with E-state index in [0.717, 1.165) is 56.4 Å². The summed E-state index contributed by atoms with van der Waals surface area (Å²) < 4.78 is 0. The summed E-state index contributed by atoms with van der Waals surface area (Å²) in [5, 5.41) is 16.5. The molecule has 1 saturated carbocycles. The van der Waals surface area contributed by atoms with E-state index in [-0.39, 0.29) is 6.03 Å². The van der Waals surface area contributed by atoms with Crippen LogP contribution in [0.25, 0.3) is 0 Å². The number of carbonyl (C=O) groups excluding carboxylic acids is 1. The predicted octanol–water partition coefficient (Wildman–Crippen LogP) is 4.53. The number of hydrogen-bond donors (Lipinski definition) is 3. The summed E-state index contributed by atoms with van der Waals surface area (Å²) in [4.78, 5) is 14.6. The Balaban J connectivity index is 1.60. The van der Waals surface area contributed by atoms with Crippen molar-refractivity contribution < 1.29 is 9.90 Å². The highest BCUT2D eigenvalue weighted by Gasteiger charge is 2.28. The number of nitrogens with one attached hydrogen (secondary N) is 2. The van der Waals surface area contributed by atoms with Gasteiger partial charge in [-0.1, -0.05) is 68.1 Å². The summed E-state index contributed by atoms with van der Waals surface area (Å²) >= 11 is 0. The van der Waals surface area contributed by atoms with E-state index >= 15 is 0 Å². The Labute approximate surface area is 167 Å². The lowest BCUT2D eigenvalue weighted by Crippen LogP contribution is -2.44. The van der Waals surface area contributed by atoms with Gasteiger partial charge in [0.1, 0.15) is 0 Å². The second kappa shape index (κ2) is 9.60. The van der Waals surface area contributed by atoms with E-state index in [1.165, 1.54) is 5.56 Å². The van der Waals surface area contributed by atoms with Gasteiger partial charge in [0, 0.05) is 20.1 Å². The van der Waals surface area contributed by atoms with Crippen molar-refractivity contribution >= 4 is 17.4 Å². The third kappa shape index (κ3) is 5.73. The minimum Gasteiger partial charge on any atom is -0.388 e. The van der Waals surface area contributed by atoms with Gasteiger partial charge in [0.15, 0.2) is 0 Å². The van der Waals surface area contributed by atoms with Gasteiger partial charge in [0.05, 0.1) is 17.0 Å². The number of benzene rings is 2. The van der Waals surface area contributed by atoms with E-state index in [2.05, 4.69) is 27.7 Å². The van der Waals surface area contributed by atoms with Crippen molar-refractivity contribution in [1.82, 2.24) is 5.32 Å². The highest BCUT2D eigenvalue weighted by atomic mass is 16.3. The quantitative estimate of drug-likeness (QED) is 0.644. The first-order valence-electron chi connectivity index (χ1n) is 10.2. The second-order valence-electron chi connectivity index (χ2n) is 7.81. The van der Waals surface area contributed by atoms with Crippen molar-refractivity contribution in [3.05, 3.63) is 60.2 Å². The molecule has 2 amide bonds. The molecule has 0 saturated heterocycles. The smallest absolute Gasteiger partial charge is 0.319 e. The zero-order chi connectivity index (χ0) is 19.8. The molecule has 1 aliphatic rings. The van der Waals surface area contributed by atoms with Gasteiger partial charge in [-0.15, -0.1) is 0 Å². The predicted molar refractivity (Wildman–Crippen MR) is 115 cm³/mol. The van der Waals surface area contributed by atoms with Crippen LogP contribution in [-0.4, -0.2) is 30.3 Å². The van der Waals surface area contributed by atoms with E-state index in [0.29, 0.717) is 6.54 Å². The third-order valence-electron chi connectivity index (χ3n) is 5.44. The Hall–Kier alpha value is -2.53. The van der Waals surface area contributed by atoms with Gasteiger partial charge in [-0.3, -0.25) is 0 Å². The van der Waals surface area contributed by atoms with E-state index in [4.69, 9.17) is 0 Å². The lowest BCUT2D eigenvalue weighted by molar-refractivity contribution is 0.0281. The molecule has 3 rings (SSSR count). The van der Waals surface area contributed by atoms with E-state index in [1.54, 1.807) is 0 Å². The van der Waals surface area contributed by atoms with Gasteiger partial charge in [-0.05, 0) is 30.5 Å². The number of para-hydroxylation sites is 2. The van der Waals surface area contributed by atoms with E-state index in [9.17, 15) is 9.90 Å². The van der Waals surface area contributed by atoms with Crippen LogP contribution in [0.5, 0.6) is 0 Å². The Morgan fingerprint density at radius 3 is 2.36 bits per heavy atom. The standard InChI is InChI=1S/C23H31N3O2/c1-26(17-19-11-5-4-6-12-19)21-14-8-7-13-20(21)25-22(27)24-18-23(28)15-9-2-3-10-16-23/h4-8,11-14,28H,2-3,9-10,15-18H2,1H3,(H2,24,25,27). The van der Waals surface area contributed by atoms with Crippen LogP contribution in [0.3, 0.4) is 0 Å². The van der Waals surface area contributed by atoms with Crippen LogP contribution in [0.2, 0.25) is 0 Å². The minimum absolute atomic E-state index is 0.279. The molecule has 0 aromatic heterocycles. The molecule has 28 heavy (non-hydrogen) atoms. The number of carbonyl (C=O) groups is 1. The Kier molecular flexibility index (Phi) is 6.93. The minimum atomic E-state index is -0.780. The Morgan fingerprint density at radius 1 is 1.00 bits per heavy atom. The summed E-state index contributed by atoms with van der Waals surface area (Å²) in [7, 11) is 2.01. The van der Waals surface area contributed by atoms with Crippen LogP contribution < -0.4 is 15.5 Å². The first-order chi connectivity index (χ1) is 13.6. The number of urea groups is 1. The van der Waals surface area contributed by atoms with E-state index in [1.807, 2.05) is 49.5 Å². The highest BCUT2D eigenvalue weighted by molar-refractivity contribution is 5.93. The molecule has 1 aliphatic carbocycles. The molecule has 5 heteroatoms. The largest absolute Gasteiger partial charge is 0.388 e. The van der Waals surface area contributed by atoms with E-state index < -0.39 is 5.60 Å². The molecule has 150 valence electrons. The average Bonchev–Trinajstić information content (AvgIpc) is 2.92. The highest BCUT2D eigenvalue weighted by Crippen LogP contribution is 2.27. The van der Waals surface area contributed by atoms with Crippen molar-refractivity contribution in [2.75, 3.05) is 23.8 Å². The number of hydrogen-bond acceptors (Lipinski definition) is 3. The lowest BCUT2D eigenvalue weighted by atomic mass is 9.95. The zero-order valence-electron chi connectivity index (χ0n) is 16.7. The van der Waals surface area contributed by atoms with Crippen molar-refractivity contribution in [2.45, 2.75) is 50.7 Å². The molecule has 0 spiro atoms. The molecule has 0 radical (unpaired) electrons. The van der Waals surface area contributed by atoms with Crippen LogP contribution in [0.4, 0.5) is 16.2 Å². The summed E-state index contributed by atoms with van der Waals surface area (Å²) in [6.07, 6.45) is 5.87. The summed E-state index contributed by atoms with van der Waals surface area (Å²) in [5.74, 6) is 0. The van der Waals surface area contributed by atoms with Gasteiger partial charge in [0.2, 0.25) is 0 Å². The number of nitrogens with zero attached hydrogens (tertiary/aromatic N) is 1. The van der Waals surface area contributed by atoms with Crippen LogP contribution in [0.15, 0.2) is 54.6 Å². The molecule has 0 atom stereocenters. The Morgan fingerprint density at radius 2 is 1.64 bits per heavy atom. The fraction of sp³-hybridized carbons (Fsp3) is 0.435. The molecule has 1 fully saturated rings. The molecular formula is C23H31N3O2. The van der Waals surface area contributed by atoms with Gasteiger partial charge in [-0.25, -0.2) is 4.79 Å². The second-order valence-corrected chi connectivity index (χ2v) is 7.81.